The van der Waals surface area contributed by atoms with E-state index in [0.717, 1.165) is 16.8 Å². The van der Waals surface area contributed by atoms with E-state index in [1.807, 2.05) is 70.2 Å². The number of benzene rings is 2. The summed E-state index contributed by atoms with van der Waals surface area (Å²) in [7, 11) is -3.52. The Balaban J connectivity index is 2.23. The molecule has 0 radical (unpaired) electrons. The fraction of sp³-hybridized carbons (Fsp3) is 0.381. The topological polar surface area (TPSA) is 66.5 Å². The van der Waals surface area contributed by atoms with Crippen molar-refractivity contribution in [3.05, 3.63) is 59.7 Å². The third-order valence-electron chi connectivity index (χ3n) is 4.34. The number of carbonyl (C=O) groups is 1. The van der Waals surface area contributed by atoms with Crippen LogP contribution in [0.15, 0.2) is 48.5 Å². The highest BCUT2D eigenvalue weighted by Crippen LogP contribution is 2.33. The van der Waals surface area contributed by atoms with Crippen molar-refractivity contribution in [3.63, 3.8) is 0 Å². The average Bonchev–Trinajstić information content (AvgIpc) is 2.55. The smallest absolute Gasteiger partial charge is 0.232 e. The van der Waals surface area contributed by atoms with Crippen LogP contribution in [0.25, 0.3) is 0 Å². The largest absolute Gasteiger partial charge is 0.326 e. The maximum atomic E-state index is 12.4. The summed E-state index contributed by atoms with van der Waals surface area (Å²) in [4.78, 5) is 12.4. The van der Waals surface area contributed by atoms with E-state index in [-0.39, 0.29) is 24.3 Å². The van der Waals surface area contributed by atoms with E-state index in [9.17, 15) is 13.2 Å². The number of para-hydroxylation sites is 2. The molecular weight excluding hydrogens is 360 g/mol. The van der Waals surface area contributed by atoms with E-state index < -0.39 is 10.0 Å². The van der Waals surface area contributed by atoms with Crippen LogP contribution in [0, 0.1) is 6.92 Å². The van der Waals surface area contributed by atoms with Gasteiger partial charge < -0.3 is 5.32 Å². The zero-order valence-corrected chi connectivity index (χ0v) is 17.4. The standard InChI is InChI=1S/C21H28N2O3S/c1-16-10-6-8-12-18(16)22-20(24)14-15-23(27(5,25)26)19-13-9-7-11-17(19)21(2,3)4/h6-13H,14-15H2,1-5H3,(H,22,24). The highest BCUT2D eigenvalue weighted by atomic mass is 32.2. The van der Waals surface area contributed by atoms with Gasteiger partial charge in [-0.05, 0) is 35.6 Å². The van der Waals surface area contributed by atoms with Crippen molar-refractivity contribution in [1.29, 1.82) is 0 Å². The third-order valence-corrected chi connectivity index (χ3v) is 5.52. The van der Waals surface area contributed by atoms with Gasteiger partial charge >= 0.3 is 0 Å². The molecule has 0 saturated carbocycles. The van der Waals surface area contributed by atoms with Crippen LogP contribution in [-0.4, -0.2) is 27.1 Å². The minimum absolute atomic E-state index is 0.0693. The molecule has 0 saturated heterocycles. The van der Waals surface area contributed by atoms with Gasteiger partial charge in [-0.25, -0.2) is 8.42 Å². The van der Waals surface area contributed by atoms with Gasteiger partial charge in [0.1, 0.15) is 0 Å². The van der Waals surface area contributed by atoms with Gasteiger partial charge in [-0.1, -0.05) is 57.2 Å². The Morgan fingerprint density at radius 1 is 1.04 bits per heavy atom. The normalized spacial score (nSPS) is 11.9. The Morgan fingerprint density at radius 3 is 2.22 bits per heavy atom. The molecule has 0 heterocycles. The molecule has 27 heavy (non-hydrogen) atoms. The minimum Gasteiger partial charge on any atom is -0.326 e. The van der Waals surface area contributed by atoms with Gasteiger partial charge in [0.25, 0.3) is 0 Å². The van der Waals surface area contributed by atoms with Crippen LogP contribution in [0.3, 0.4) is 0 Å². The molecular formula is C21H28N2O3S. The number of hydrogen-bond donors (Lipinski definition) is 1. The molecule has 0 aliphatic heterocycles. The second-order valence-corrected chi connectivity index (χ2v) is 9.62. The molecule has 146 valence electrons. The summed E-state index contributed by atoms with van der Waals surface area (Å²) in [6, 6.07) is 14.9. The number of aryl methyl sites for hydroxylation is 1. The summed E-state index contributed by atoms with van der Waals surface area (Å²) in [5.74, 6) is -0.216. The van der Waals surface area contributed by atoms with Crippen molar-refractivity contribution in [3.8, 4) is 0 Å². The molecule has 0 spiro atoms. The van der Waals surface area contributed by atoms with Crippen LogP contribution >= 0.6 is 0 Å². The lowest BCUT2D eigenvalue weighted by atomic mass is 9.86. The van der Waals surface area contributed by atoms with Crippen LogP contribution in [0.5, 0.6) is 0 Å². The van der Waals surface area contributed by atoms with Gasteiger partial charge in [0.05, 0.1) is 11.9 Å². The SMILES string of the molecule is Cc1ccccc1NC(=O)CCN(c1ccccc1C(C)(C)C)S(C)(=O)=O. The number of carbonyl (C=O) groups excluding carboxylic acids is 1. The monoisotopic (exact) mass is 388 g/mol. The van der Waals surface area contributed by atoms with Crippen molar-refractivity contribution in [2.24, 2.45) is 0 Å². The first kappa shape index (κ1) is 21.0. The van der Waals surface area contributed by atoms with Crippen LogP contribution < -0.4 is 9.62 Å². The van der Waals surface area contributed by atoms with Crippen molar-refractivity contribution in [2.75, 3.05) is 22.4 Å². The first-order chi connectivity index (χ1) is 12.5. The van der Waals surface area contributed by atoms with Crippen molar-refractivity contribution in [2.45, 2.75) is 39.5 Å². The number of rotatable bonds is 6. The molecule has 5 nitrogen and oxygen atoms in total. The lowest BCUT2D eigenvalue weighted by Crippen LogP contribution is -2.34. The molecule has 0 fully saturated rings. The molecule has 0 atom stereocenters. The molecule has 0 bridgehead atoms. The molecule has 1 N–H and O–H groups in total. The molecule has 6 heteroatoms. The highest BCUT2D eigenvalue weighted by molar-refractivity contribution is 7.92. The predicted octanol–water partition coefficient (Wildman–Crippen LogP) is 4.09. The van der Waals surface area contributed by atoms with Gasteiger partial charge in [0, 0.05) is 18.7 Å². The van der Waals surface area contributed by atoms with E-state index in [1.165, 1.54) is 10.6 Å². The van der Waals surface area contributed by atoms with E-state index in [0.29, 0.717) is 5.69 Å². The summed E-state index contributed by atoms with van der Waals surface area (Å²) >= 11 is 0. The Morgan fingerprint density at radius 2 is 1.63 bits per heavy atom. The number of hydrogen-bond acceptors (Lipinski definition) is 3. The maximum Gasteiger partial charge on any atom is 0.232 e. The molecule has 2 aromatic rings. The molecule has 1 amide bonds. The third kappa shape index (κ3) is 5.57. The highest BCUT2D eigenvalue weighted by Gasteiger charge is 2.26. The van der Waals surface area contributed by atoms with Crippen molar-refractivity contribution < 1.29 is 13.2 Å². The Labute approximate surface area is 162 Å². The Bertz CT molecular complexity index is 915. The summed E-state index contributed by atoms with van der Waals surface area (Å²) < 4.78 is 26.2. The van der Waals surface area contributed by atoms with Gasteiger partial charge in [0.15, 0.2) is 0 Å². The first-order valence-electron chi connectivity index (χ1n) is 8.93. The van der Waals surface area contributed by atoms with E-state index >= 15 is 0 Å². The van der Waals surface area contributed by atoms with E-state index in [1.54, 1.807) is 6.07 Å². The number of amides is 1. The van der Waals surface area contributed by atoms with Crippen LogP contribution in [0.2, 0.25) is 0 Å². The Hall–Kier alpha value is -2.34. The second-order valence-electron chi connectivity index (χ2n) is 7.72. The summed E-state index contributed by atoms with van der Waals surface area (Å²) in [5, 5.41) is 2.85. The van der Waals surface area contributed by atoms with Gasteiger partial charge in [-0.15, -0.1) is 0 Å². The number of nitrogens with zero attached hydrogens (tertiary/aromatic N) is 1. The quantitative estimate of drug-likeness (QED) is 0.811. The van der Waals surface area contributed by atoms with Gasteiger partial charge in [0.2, 0.25) is 15.9 Å². The van der Waals surface area contributed by atoms with Gasteiger partial charge in [-0.3, -0.25) is 9.10 Å². The van der Waals surface area contributed by atoms with Gasteiger partial charge in [-0.2, -0.15) is 0 Å². The summed E-state index contributed by atoms with van der Waals surface area (Å²) in [6.07, 6.45) is 1.24. The van der Waals surface area contributed by atoms with E-state index in [4.69, 9.17) is 0 Å². The van der Waals surface area contributed by atoms with Crippen LogP contribution in [0.1, 0.15) is 38.3 Å². The second kappa shape index (κ2) is 8.13. The van der Waals surface area contributed by atoms with Crippen LogP contribution in [-0.2, 0) is 20.2 Å². The molecule has 2 aromatic carbocycles. The Kier molecular flexibility index (Phi) is 6.31. The zero-order chi connectivity index (χ0) is 20.2. The summed E-state index contributed by atoms with van der Waals surface area (Å²) in [5.41, 5.74) is 3.03. The molecule has 0 aromatic heterocycles. The minimum atomic E-state index is -3.52. The summed E-state index contributed by atoms with van der Waals surface area (Å²) in [6.45, 7) is 8.12. The molecule has 0 unspecified atom stereocenters. The predicted molar refractivity (Wildman–Crippen MR) is 112 cm³/mol. The fourth-order valence-electron chi connectivity index (χ4n) is 2.92. The number of nitrogens with one attached hydrogen (secondary N) is 1. The number of sulfonamides is 1. The van der Waals surface area contributed by atoms with E-state index in [2.05, 4.69) is 5.32 Å². The van der Waals surface area contributed by atoms with Crippen LogP contribution in [0.4, 0.5) is 11.4 Å². The van der Waals surface area contributed by atoms with Crippen molar-refractivity contribution >= 4 is 27.3 Å². The molecule has 0 aliphatic rings. The lowest BCUT2D eigenvalue weighted by molar-refractivity contribution is -0.116. The first-order valence-corrected chi connectivity index (χ1v) is 10.8. The average molecular weight is 389 g/mol. The molecule has 0 aliphatic carbocycles. The molecule has 2 rings (SSSR count). The zero-order valence-electron chi connectivity index (χ0n) is 16.6. The lowest BCUT2D eigenvalue weighted by Gasteiger charge is -2.30. The maximum absolute atomic E-state index is 12.4. The fourth-order valence-corrected chi connectivity index (χ4v) is 3.86. The van der Waals surface area contributed by atoms with Crippen molar-refractivity contribution in [1.82, 2.24) is 0 Å². The number of anilines is 2.